The molecular weight excluding hydrogens is 371 g/mol. The number of aryl methyl sites for hydroxylation is 1. The molecule has 2 aromatic rings. The van der Waals surface area contributed by atoms with Crippen molar-refractivity contribution >= 4 is 15.9 Å². The lowest BCUT2D eigenvalue weighted by Crippen LogP contribution is -2.45. The highest BCUT2D eigenvalue weighted by Crippen LogP contribution is 2.24. The molecule has 0 aliphatic carbocycles. The molecule has 2 heterocycles. The third kappa shape index (κ3) is 4.36. The molecule has 0 radical (unpaired) electrons. The Morgan fingerprint density at radius 2 is 2.04 bits per heavy atom. The van der Waals surface area contributed by atoms with Crippen LogP contribution in [0.3, 0.4) is 0 Å². The Morgan fingerprint density at radius 1 is 1.30 bits per heavy atom. The first-order valence-electron chi connectivity index (χ1n) is 8.96. The number of hydrogen-bond donors (Lipinski definition) is 1. The maximum absolute atomic E-state index is 13.1. The van der Waals surface area contributed by atoms with E-state index in [1.807, 2.05) is 13.0 Å². The number of carbonyl (C=O) groups is 1. The van der Waals surface area contributed by atoms with Gasteiger partial charge in [-0.25, -0.2) is 12.8 Å². The van der Waals surface area contributed by atoms with Crippen molar-refractivity contribution in [1.82, 2.24) is 19.4 Å². The van der Waals surface area contributed by atoms with Crippen molar-refractivity contribution in [2.75, 3.05) is 13.1 Å². The van der Waals surface area contributed by atoms with Crippen LogP contribution in [0.25, 0.3) is 0 Å². The van der Waals surface area contributed by atoms with E-state index in [1.165, 1.54) is 16.4 Å². The predicted molar refractivity (Wildman–Crippen MR) is 97.6 cm³/mol. The van der Waals surface area contributed by atoms with Gasteiger partial charge in [0.15, 0.2) is 0 Å². The maximum Gasteiger partial charge on any atom is 0.243 e. The number of amides is 1. The molecule has 1 aromatic heterocycles. The fourth-order valence-electron chi connectivity index (χ4n) is 3.25. The number of rotatable bonds is 6. The van der Waals surface area contributed by atoms with Gasteiger partial charge in [-0.15, -0.1) is 0 Å². The van der Waals surface area contributed by atoms with E-state index in [0.29, 0.717) is 32.5 Å². The molecule has 1 atom stereocenters. The lowest BCUT2D eigenvalue weighted by atomic mass is 9.99. The summed E-state index contributed by atoms with van der Waals surface area (Å²) in [6, 6.07) is 6.59. The number of sulfonamides is 1. The van der Waals surface area contributed by atoms with Crippen molar-refractivity contribution < 1.29 is 17.6 Å². The number of piperidine rings is 1. The lowest BCUT2D eigenvalue weighted by molar-refractivity contribution is -0.126. The molecule has 27 heavy (non-hydrogen) atoms. The maximum atomic E-state index is 13.1. The Labute approximate surface area is 158 Å². The quantitative estimate of drug-likeness (QED) is 0.809. The van der Waals surface area contributed by atoms with Crippen molar-refractivity contribution in [3.05, 3.63) is 48.0 Å². The largest absolute Gasteiger partial charge is 0.350 e. The summed E-state index contributed by atoms with van der Waals surface area (Å²) in [5.74, 6) is -1.07. The number of nitrogens with zero attached hydrogens (tertiary/aromatic N) is 3. The molecule has 0 spiro atoms. The fraction of sp³-hybridized carbons (Fsp3) is 0.444. The first-order chi connectivity index (χ1) is 12.9. The van der Waals surface area contributed by atoms with Crippen LogP contribution >= 0.6 is 0 Å². The number of hydrogen-bond acceptors (Lipinski definition) is 4. The van der Waals surface area contributed by atoms with Gasteiger partial charge in [-0.2, -0.15) is 9.40 Å². The third-order valence-corrected chi connectivity index (χ3v) is 6.63. The van der Waals surface area contributed by atoms with E-state index < -0.39 is 21.8 Å². The van der Waals surface area contributed by atoms with Gasteiger partial charge >= 0.3 is 0 Å². The van der Waals surface area contributed by atoms with Gasteiger partial charge in [0.05, 0.1) is 23.1 Å². The molecule has 1 aliphatic heterocycles. The molecule has 1 aliphatic rings. The normalized spacial score (nSPS) is 18.4. The highest BCUT2D eigenvalue weighted by molar-refractivity contribution is 7.89. The smallest absolute Gasteiger partial charge is 0.243 e. The van der Waals surface area contributed by atoms with Crippen molar-refractivity contribution in [3.63, 3.8) is 0 Å². The number of benzene rings is 1. The number of nitrogens with one attached hydrogen (secondary N) is 1. The van der Waals surface area contributed by atoms with Crippen molar-refractivity contribution in [2.24, 2.45) is 5.92 Å². The van der Waals surface area contributed by atoms with Crippen molar-refractivity contribution in [2.45, 2.75) is 37.8 Å². The molecule has 0 unspecified atom stereocenters. The molecule has 3 rings (SSSR count). The van der Waals surface area contributed by atoms with Gasteiger partial charge in [-0.3, -0.25) is 9.48 Å². The second kappa shape index (κ2) is 8.18. The molecule has 1 saturated heterocycles. The predicted octanol–water partition coefficient (Wildman–Crippen LogP) is 1.76. The summed E-state index contributed by atoms with van der Waals surface area (Å²) in [4.78, 5) is 12.6. The Hall–Kier alpha value is -2.26. The van der Waals surface area contributed by atoms with E-state index in [2.05, 4.69) is 10.4 Å². The Balaban J connectivity index is 1.64. The van der Waals surface area contributed by atoms with Crippen LogP contribution in [-0.2, 0) is 27.9 Å². The van der Waals surface area contributed by atoms with E-state index in [1.54, 1.807) is 10.9 Å². The zero-order chi connectivity index (χ0) is 19.4. The molecule has 9 heteroatoms. The van der Waals surface area contributed by atoms with E-state index >= 15 is 0 Å². The van der Waals surface area contributed by atoms with E-state index in [4.69, 9.17) is 0 Å². The highest BCUT2D eigenvalue weighted by Gasteiger charge is 2.33. The van der Waals surface area contributed by atoms with Gasteiger partial charge in [0.1, 0.15) is 5.82 Å². The molecular formula is C18H23FN4O3S. The fourth-order valence-corrected chi connectivity index (χ4v) is 4.77. The van der Waals surface area contributed by atoms with Gasteiger partial charge < -0.3 is 5.32 Å². The minimum Gasteiger partial charge on any atom is -0.350 e. The van der Waals surface area contributed by atoms with Gasteiger partial charge in [0, 0.05) is 25.8 Å². The number of carbonyl (C=O) groups excluding carboxylic acids is 1. The number of aromatic nitrogens is 2. The summed E-state index contributed by atoms with van der Waals surface area (Å²) in [5, 5.41) is 7.04. The van der Waals surface area contributed by atoms with Gasteiger partial charge in [-0.05, 0) is 50.1 Å². The van der Waals surface area contributed by atoms with Crippen LogP contribution in [-0.4, -0.2) is 41.5 Å². The van der Waals surface area contributed by atoms with Crippen molar-refractivity contribution in [3.8, 4) is 0 Å². The second-order valence-corrected chi connectivity index (χ2v) is 8.45. The summed E-state index contributed by atoms with van der Waals surface area (Å²) >= 11 is 0. The molecule has 1 aromatic carbocycles. The monoisotopic (exact) mass is 394 g/mol. The van der Waals surface area contributed by atoms with E-state index in [9.17, 15) is 17.6 Å². The SMILES string of the molecule is CCn1nccc1CNC(=O)[C@@H]1CCCN(S(=O)(=O)c2ccc(F)cc2)C1. The molecule has 0 bridgehead atoms. The Morgan fingerprint density at radius 3 is 2.74 bits per heavy atom. The first kappa shape index (κ1) is 19.5. The molecule has 1 N–H and O–H groups in total. The number of halogens is 1. The summed E-state index contributed by atoms with van der Waals surface area (Å²) in [7, 11) is -3.74. The van der Waals surface area contributed by atoms with E-state index in [0.717, 1.165) is 17.8 Å². The average Bonchev–Trinajstić information content (AvgIpc) is 3.14. The first-order valence-corrected chi connectivity index (χ1v) is 10.4. The molecule has 1 amide bonds. The minimum atomic E-state index is -3.74. The summed E-state index contributed by atoms with van der Waals surface area (Å²) < 4.78 is 41.7. The Bertz CT molecular complexity index is 896. The standard InChI is InChI=1S/C18H23FN4O3S/c1-2-23-16(9-10-21-23)12-20-18(24)14-4-3-11-22(13-14)27(25,26)17-7-5-15(19)6-8-17/h5-10,14H,2-4,11-13H2,1H3,(H,20,24)/t14-/m1/s1. The molecule has 0 saturated carbocycles. The van der Waals surface area contributed by atoms with Crippen LogP contribution in [0.5, 0.6) is 0 Å². The highest BCUT2D eigenvalue weighted by atomic mass is 32.2. The van der Waals surface area contributed by atoms with Crippen LogP contribution in [0.15, 0.2) is 41.4 Å². The average molecular weight is 394 g/mol. The van der Waals surface area contributed by atoms with Crippen LogP contribution in [0.2, 0.25) is 0 Å². The van der Waals surface area contributed by atoms with Crippen molar-refractivity contribution in [1.29, 1.82) is 0 Å². The molecule has 7 nitrogen and oxygen atoms in total. The zero-order valence-corrected chi connectivity index (χ0v) is 16.0. The second-order valence-electron chi connectivity index (χ2n) is 6.51. The summed E-state index contributed by atoms with van der Waals surface area (Å²) in [6.45, 7) is 3.52. The molecule has 1 fully saturated rings. The third-order valence-electron chi connectivity index (χ3n) is 4.75. The topological polar surface area (TPSA) is 84.3 Å². The van der Waals surface area contributed by atoms with Crippen LogP contribution in [0, 0.1) is 11.7 Å². The van der Waals surface area contributed by atoms with Crippen LogP contribution < -0.4 is 5.32 Å². The zero-order valence-electron chi connectivity index (χ0n) is 15.1. The van der Waals surface area contributed by atoms with Gasteiger partial charge in [-0.1, -0.05) is 0 Å². The summed E-state index contributed by atoms with van der Waals surface area (Å²) in [6.07, 6.45) is 2.92. The minimum absolute atomic E-state index is 0.0387. The van der Waals surface area contributed by atoms with Crippen LogP contribution in [0.4, 0.5) is 4.39 Å². The summed E-state index contributed by atoms with van der Waals surface area (Å²) in [5.41, 5.74) is 0.900. The van der Waals surface area contributed by atoms with Gasteiger partial charge in [0.2, 0.25) is 15.9 Å². The molecule has 146 valence electrons. The van der Waals surface area contributed by atoms with E-state index in [-0.39, 0.29) is 17.3 Å². The van der Waals surface area contributed by atoms with Gasteiger partial charge in [0.25, 0.3) is 0 Å². The lowest BCUT2D eigenvalue weighted by Gasteiger charge is -2.31. The van der Waals surface area contributed by atoms with Crippen LogP contribution in [0.1, 0.15) is 25.5 Å². The Kier molecular flexibility index (Phi) is 5.91.